The zero-order valence-electron chi connectivity index (χ0n) is 19.2. The van der Waals surface area contributed by atoms with Crippen LogP contribution in [0, 0.1) is 0 Å². The highest BCUT2D eigenvalue weighted by Crippen LogP contribution is 2.29. The second kappa shape index (κ2) is 11.1. The third kappa shape index (κ3) is 5.92. The zero-order valence-corrected chi connectivity index (χ0v) is 19.2. The summed E-state index contributed by atoms with van der Waals surface area (Å²) in [6, 6.07) is 18.9. The summed E-state index contributed by atoms with van der Waals surface area (Å²) in [5.41, 5.74) is 2.31. The van der Waals surface area contributed by atoms with Crippen molar-refractivity contribution < 1.29 is 19.1 Å². The minimum atomic E-state index is -0.849. The van der Waals surface area contributed by atoms with E-state index >= 15 is 0 Å². The maximum Gasteiger partial charge on any atom is 0.340 e. The number of amides is 1. The van der Waals surface area contributed by atoms with Crippen LogP contribution in [-0.4, -0.2) is 40.2 Å². The number of carbonyl (C=O) groups excluding carboxylic acids is 3. The number of aromatic nitrogens is 2. The van der Waals surface area contributed by atoms with Gasteiger partial charge in [0.2, 0.25) is 12.2 Å². The molecule has 2 unspecified atom stereocenters. The molecule has 2 atom stereocenters. The Morgan fingerprint density at radius 2 is 1.83 bits per heavy atom. The molecule has 35 heavy (non-hydrogen) atoms. The van der Waals surface area contributed by atoms with E-state index in [1.807, 2.05) is 66.9 Å². The first-order valence-corrected chi connectivity index (χ1v) is 11.2. The number of hydrogen-bond donors (Lipinski definition) is 3. The molecule has 0 fully saturated rings. The van der Waals surface area contributed by atoms with Crippen LogP contribution in [0.2, 0.25) is 0 Å². The van der Waals surface area contributed by atoms with Crippen LogP contribution in [0.15, 0.2) is 79.3 Å². The van der Waals surface area contributed by atoms with Crippen LogP contribution in [0.4, 0.5) is 5.69 Å². The van der Waals surface area contributed by atoms with Gasteiger partial charge in [-0.1, -0.05) is 60.7 Å². The van der Waals surface area contributed by atoms with Crippen LogP contribution in [0.5, 0.6) is 0 Å². The molecule has 1 aromatic heterocycles. The summed E-state index contributed by atoms with van der Waals surface area (Å²) in [4.78, 5) is 44.2. The third-order valence-corrected chi connectivity index (χ3v) is 5.54. The minimum absolute atomic E-state index is 0.131. The van der Waals surface area contributed by atoms with Gasteiger partial charge in [-0.3, -0.25) is 9.59 Å². The normalized spacial score (nSPS) is 12.5. The van der Waals surface area contributed by atoms with Gasteiger partial charge in [-0.25, -0.2) is 9.78 Å². The minimum Gasteiger partial charge on any atom is -0.457 e. The lowest BCUT2D eigenvalue weighted by molar-refractivity contribution is -0.121. The molecule has 4 aromatic rings. The van der Waals surface area contributed by atoms with Crippen molar-refractivity contribution in [2.75, 3.05) is 5.32 Å². The zero-order chi connectivity index (χ0) is 24.6. The monoisotopic (exact) mass is 469 g/mol. The molecular formula is C27H25N4O4. The first-order chi connectivity index (χ1) is 17.0. The maximum absolute atomic E-state index is 13.0. The highest BCUT2D eigenvalue weighted by atomic mass is 16.5. The van der Waals surface area contributed by atoms with Gasteiger partial charge in [-0.2, -0.15) is 0 Å². The Hall–Kier alpha value is -4.46. The maximum atomic E-state index is 13.0. The number of carbonyl (C=O) groups is 2. The molecule has 0 bridgehead atoms. The van der Waals surface area contributed by atoms with E-state index in [1.54, 1.807) is 19.2 Å². The Balaban J connectivity index is 1.52. The van der Waals surface area contributed by atoms with Crippen molar-refractivity contribution >= 4 is 34.6 Å². The largest absolute Gasteiger partial charge is 0.457 e. The fraction of sp³-hybridized carbons (Fsp3) is 0.185. The summed E-state index contributed by atoms with van der Waals surface area (Å²) in [6.07, 6.45) is 5.22. The predicted molar refractivity (Wildman–Crippen MR) is 133 cm³/mol. The van der Waals surface area contributed by atoms with Crippen molar-refractivity contribution in [3.63, 3.8) is 0 Å². The van der Waals surface area contributed by atoms with Crippen LogP contribution < -0.4 is 10.6 Å². The summed E-state index contributed by atoms with van der Waals surface area (Å²) < 4.78 is 5.55. The van der Waals surface area contributed by atoms with E-state index in [2.05, 4.69) is 20.6 Å². The topological polar surface area (TPSA) is 113 Å². The first-order valence-electron chi connectivity index (χ1n) is 11.2. The fourth-order valence-electron chi connectivity index (χ4n) is 3.71. The van der Waals surface area contributed by atoms with Gasteiger partial charge >= 0.3 is 5.97 Å². The summed E-state index contributed by atoms with van der Waals surface area (Å²) in [6.45, 7) is 1.79. The summed E-state index contributed by atoms with van der Waals surface area (Å²) in [7, 11) is 0. The number of nitrogens with zero attached hydrogens (tertiary/aromatic N) is 1. The Morgan fingerprint density at radius 3 is 2.57 bits per heavy atom. The number of anilines is 1. The molecule has 0 aliphatic carbocycles. The molecule has 0 aliphatic heterocycles. The van der Waals surface area contributed by atoms with E-state index < -0.39 is 24.0 Å². The number of ether oxygens (including phenoxy) is 1. The number of hydrogen-bond acceptors (Lipinski definition) is 6. The van der Waals surface area contributed by atoms with Gasteiger partial charge in [-0.05, 0) is 23.9 Å². The Bertz CT molecular complexity index is 1310. The van der Waals surface area contributed by atoms with Gasteiger partial charge in [0, 0.05) is 18.0 Å². The van der Waals surface area contributed by atoms with Crippen molar-refractivity contribution in [1.29, 1.82) is 0 Å². The van der Waals surface area contributed by atoms with Crippen molar-refractivity contribution in [1.82, 2.24) is 15.3 Å². The number of nitrogens with one attached hydrogen (secondary N) is 3. The van der Waals surface area contributed by atoms with Crippen LogP contribution in [-0.2, 0) is 27.4 Å². The van der Waals surface area contributed by atoms with E-state index in [4.69, 9.17) is 4.74 Å². The van der Waals surface area contributed by atoms with Gasteiger partial charge in [0.05, 0.1) is 23.3 Å². The molecular weight excluding hydrogens is 444 g/mol. The Morgan fingerprint density at radius 1 is 1.06 bits per heavy atom. The molecule has 1 radical (unpaired) electrons. The standard InChI is InChI=1S/C27H25N4O4/c1-18(26(33)31-22(15-32)13-21-14-28-17-29-21)30-25-23-10-6-5-9-20(23)11-12-24(25)27(34)35-16-19-7-3-2-4-8-19/h2-12,14,17-18,22,30H,13,16H2,1H3,(H,28,29)(H,31,33). The second-order valence-corrected chi connectivity index (χ2v) is 8.08. The average molecular weight is 470 g/mol. The lowest BCUT2D eigenvalue weighted by Crippen LogP contribution is -2.45. The third-order valence-electron chi connectivity index (χ3n) is 5.54. The number of imidazole rings is 1. The van der Waals surface area contributed by atoms with Gasteiger partial charge in [-0.15, -0.1) is 0 Å². The average Bonchev–Trinajstić information content (AvgIpc) is 3.40. The highest BCUT2D eigenvalue weighted by molar-refractivity contribution is 6.07. The molecule has 0 saturated heterocycles. The summed E-state index contributed by atoms with van der Waals surface area (Å²) in [5.74, 6) is -0.919. The SMILES string of the molecule is CC(Nc1c(C(=O)OCc2ccccc2)ccc2ccccc12)C(=O)NC([C]=O)Cc1c[nH]cn1. The molecule has 177 valence electrons. The van der Waals surface area contributed by atoms with Crippen LogP contribution >= 0.6 is 0 Å². The molecule has 3 aromatic carbocycles. The molecule has 0 aliphatic rings. The van der Waals surface area contributed by atoms with Crippen LogP contribution in [0.25, 0.3) is 10.8 Å². The molecule has 8 nitrogen and oxygen atoms in total. The van der Waals surface area contributed by atoms with E-state index in [0.717, 1.165) is 16.3 Å². The Labute approximate surface area is 202 Å². The number of rotatable bonds is 10. The van der Waals surface area contributed by atoms with Gasteiger partial charge in [0.15, 0.2) is 0 Å². The number of benzene rings is 3. The molecule has 1 heterocycles. The van der Waals surface area contributed by atoms with Crippen molar-refractivity contribution in [2.24, 2.45) is 0 Å². The molecule has 3 N–H and O–H groups in total. The highest BCUT2D eigenvalue weighted by Gasteiger charge is 2.23. The number of esters is 1. The smallest absolute Gasteiger partial charge is 0.340 e. The molecule has 1 amide bonds. The van der Waals surface area contributed by atoms with Gasteiger partial charge in [0.1, 0.15) is 18.7 Å². The fourth-order valence-corrected chi connectivity index (χ4v) is 3.71. The van der Waals surface area contributed by atoms with Crippen LogP contribution in [0.3, 0.4) is 0 Å². The van der Waals surface area contributed by atoms with Crippen molar-refractivity contribution in [3.05, 3.63) is 96.1 Å². The molecule has 8 heteroatoms. The Kier molecular flexibility index (Phi) is 7.52. The van der Waals surface area contributed by atoms with Gasteiger partial charge in [0.25, 0.3) is 0 Å². The lowest BCUT2D eigenvalue weighted by Gasteiger charge is -2.21. The summed E-state index contributed by atoms with van der Waals surface area (Å²) >= 11 is 0. The number of fused-ring (bicyclic) bond motifs is 1. The first kappa shape index (κ1) is 23.7. The van der Waals surface area contributed by atoms with Crippen molar-refractivity contribution in [3.8, 4) is 0 Å². The van der Waals surface area contributed by atoms with Crippen LogP contribution in [0.1, 0.15) is 28.5 Å². The molecule has 0 spiro atoms. The van der Waals surface area contributed by atoms with Gasteiger partial charge < -0.3 is 20.4 Å². The van der Waals surface area contributed by atoms with E-state index in [-0.39, 0.29) is 13.0 Å². The quantitative estimate of drug-likeness (QED) is 0.306. The number of H-pyrrole nitrogens is 1. The molecule has 4 rings (SSSR count). The van der Waals surface area contributed by atoms with Crippen molar-refractivity contribution in [2.45, 2.75) is 32.0 Å². The second-order valence-electron chi connectivity index (χ2n) is 8.08. The lowest BCUT2D eigenvalue weighted by atomic mass is 10.0. The van der Waals surface area contributed by atoms with E-state index in [0.29, 0.717) is 16.9 Å². The van der Waals surface area contributed by atoms with E-state index in [9.17, 15) is 14.4 Å². The number of aromatic amines is 1. The molecule has 0 saturated carbocycles. The van der Waals surface area contributed by atoms with E-state index in [1.165, 1.54) is 6.33 Å². The summed E-state index contributed by atoms with van der Waals surface area (Å²) in [5, 5.41) is 7.51. The predicted octanol–water partition coefficient (Wildman–Crippen LogP) is 3.56.